The third-order valence-corrected chi connectivity index (χ3v) is 4.61. The maximum Gasteiger partial charge on any atom is 0.327 e. The Balaban J connectivity index is 1.54. The van der Waals surface area contributed by atoms with Crippen LogP contribution in [0.5, 0.6) is 11.5 Å². The van der Waals surface area contributed by atoms with Crippen molar-refractivity contribution < 1.29 is 23.9 Å². The van der Waals surface area contributed by atoms with Crippen LogP contribution in [0, 0.1) is 12.8 Å². The van der Waals surface area contributed by atoms with Crippen molar-refractivity contribution in [2.45, 2.75) is 33.1 Å². The minimum absolute atomic E-state index is 0.234. The van der Waals surface area contributed by atoms with Gasteiger partial charge >= 0.3 is 6.03 Å². The van der Waals surface area contributed by atoms with Gasteiger partial charge in [-0.3, -0.25) is 20.2 Å². The predicted octanol–water partition coefficient (Wildman–Crippen LogP) is 3.00. The molecular weight excluding hydrogens is 402 g/mol. The van der Waals surface area contributed by atoms with Crippen LogP contribution >= 0.6 is 0 Å². The van der Waals surface area contributed by atoms with Gasteiger partial charge < -0.3 is 14.8 Å². The van der Waals surface area contributed by atoms with Crippen LogP contribution in [0.2, 0.25) is 0 Å². The number of aromatic nitrogens is 2. The van der Waals surface area contributed by atoms with E-state index in [-0.39, 0.29) is 23.6 Å². The molecule has 1 saturated heterocycles. The second kappa shape index (κ2) is 10.5. The molecule has 0 aromatic carbocycles. The molecule has 0 radical (unpaired) electrons. The molecule has 0 bridgehead atoms. The second-order valence-corrected chi connectivity index (χ2v) is 7.20. The molecule has 1 aliphatic rings. The van der Waals surface area contributed by atoms with Crippen LogP contribution in [-0.2, 0) is 14.3 Å². The topological polar surface area (TPSA) is 132 Å². The molecular formula is C21H25N5O5. The maximum atomic E-state index is 12.1. The van der Waals surface area contributed by atoms with Gasteiger partial charge in [-0.05, 0) is 43.9 Å². The van der Waals surface area contributed by atoms with Gasteiger partial charge in [-0.15, -0.1) is 0 Å². The van der Waals surface area contributed by atoms with E-state index in [1.807, 2.05) is 0 Å². The molecule has 3 N–H and O–H groups in total. The molecule has 0 atom stereocenters. The predicted molar refractivity (Wildman–Crippen MR) is 113 cm³/mol. The molecule has 3 rings (SSSR count). The van der Waals surface area contributed by atoms with Crippen LogP contribution < -0.4 is 20.7 Å². The summed E-state index contributed by atoms with van der Waals surface area (Å²) >= 11 is 0. The first-order chi connectivity index (χ1) is 14.9. The molecule has 3 heterocycles. The number of hydrogen-bond acceptors (Lipinski definition) is 7. The Bertz CT molecular complexity index is 959. The number of carbonyl (C=O) groups excluding carboxylic acids is 3. The van der Waals surface area contributed by atoms with Gasteiger partial charge in [-0.2, -0.15) is 0 Å². The van der Waals surface area contributed by atoms with E-state index in [4.69, 9.17) is 9.47 Å². The highest BCUT2D eigenvalue weighted by molar-refractivity contribution is 6.00. The number of imide groups is 1. The van der Waals surface area contributed by atoms with E-state index in [9.17, 15) is 14.4 Å². The Kier molecular flexibility index (Phi) is 7.50. The molecule has 31 heavy (non-hydrogen) atoms. The lowest BCUT2D eigenvalue weighted by Crippen LogP contribution is -2.36. The molecule has 2 aromatic heterocycles. The number of ether oxygens (including phenoxy) is 2. The number of carbonyl (C=O) groups is 3. The van der Waals surface area contributed by atoms with Crippen molar-refractivity contribution in [1.29, 1.82) is 0 Å². The van der Waals surface area contributed by atoms with Crippen LogP contribution in [0.1, 0.15) is 31.9 Å². The average molecular weight is 427 g/mol. The van der Waals surface area contributed by atoms with Gasteiger partial charge in [-0.25, -0.2) is 14.8 Å². The highest BCUT2D eigenvalue weighted by Crippen LogP contribution is 2.26. The van der Waals surface area contributed by atoms with Crippen LogP contribution in [0.3, 0.4) is 0 Å². The minimum Gasteiger partial charge on any atom is -0.455 e. The van der Waals surface area contributed by atoms with Gasteiger partial charge in [0.05, 0.1) is 5.69 Å². The lowest BCUT2D eigenvalue weighted by Gasteiger charge is -2.21. The van der Waals surface area contributed by atoms with E-state index in [1.165, 1.54) is 13.1 Å². The largest absolute Gasteiger partial charge is 0.455 e. The average Bonchev–Trinajstić information content (AvgIpc) is 2.70. The van der Waals surface area contributed by atoms with Crippen molar-refractivity contribution in [3.63, 3.8) is 0 Å². The number of hydrogen-bond donors (Lipinski definition) is 3. The molecule has 0 saturated carbocycles. The molecule has 2 aromatic rings. The first-order valence-electron chi connectivity index (χ1n) is 9.97. The lowest BCUT2D eigenvalue weighted by molar-refractivity contribution is -0.121. The number of anilines is 2. The molecule has 10 nitrogen and oxygen atoms in total. The van der Waals surface area contributed by atoms with Crippen LogP contribution in [0.15, 0.2) is 30.5 Å². The summed E-state index contributed by atoms with van der Waals surface area (Å²) in [4.78, 5) is 43.6. The monoisotopic (exact) mass is 427 g/mol. The fourth-order valence-corrected chi connectivity index (χ4v) is 3.11. The van der Waals surface area contributed by atoms with Crippen molar-refractivity contribution >= 4 is 29.5 Å². The van der Waals surface area contributed by atoms with Crippen molar-refractivity contribution in [1.82, 2.24) is 15.3 Å². The standard InChI is InChI=1S/C21H25N5O5/c1-13-17(31-16-5-8-22-19(12-16)24-14(2)27)3-4-18(23-13)25-21(29)26-20(28)11-15-6-9-30-10-7-15/h3-5,8,12,15H,6-7,9-11H2,1-2H3,(H,22,24,27)(H2,23,25,26,28,29). The quantitative estimate of drug-likeness (QED) is 0.646. The molecule has 0 spiro atoms. The van der Waals surface area contributed by atoms with Crippen LogP contribution in [0.4, 0.5) is 16.4 Å². The minimum atomic E-state index is -0.633. The summed E-state index contributed by atoms with van der Waals surface area (Å²) in [6.45, 7) is 4.42. The Morgan fingerprint density at radius 2 is 1.90 bits per heavy atom. The third kappa shape index (κ3) is 7.03. The summed E-state index contributed by atoms with van der Waals surface area (Å²) in [7, 11) is 0. The van der Waals surface area contributed by atoms with E-state index in [1.54, 1.807) is 31.2 Å². The van der Waals surface area contributed by atoms with Crippen LogP contribution in [-0.4, -0.2) is 41.0 Å². The summed E-state index contributed by atoms with van der Waals surface area (Å²) < 4.78 is 11.1. The van der Waals surface area contributed by atoms with E-state index in [2.05, 4.69) is 25.9 Å². The van der Waals surface area contributed by atoms with E-state index in [0.717, 1.165) is 12.8 Å². The number of aryl methyl sites for hydroxylation is 1. The Morgan fingerprint density at radius 1 is 1.13 bits per heavy atom. The van der Waals surface area contributed by atoms with E-state index < -0.39 is 6.03 Å². The summed E-state index contributed by atoms with van der Waals surface area (Å²) in [6, 6.07) is 5.83. The first kappa shape index (κ1) is 22.2. The van der Waals surface area contributed by atoms with Gasteiger partial charge in [0.1, 0.15) is 23.1 Å². The number of rotatable bonds is 6. The molecule has 4 amide bonds. The second-order valence-electron chi connectivity index (χ2n) is 7.20. The Hall–Kier alpha value is -3.53. The molecule has 0 unspecified atom stereocenters. The zero-order valence-corrected chi connectivity index (χ0v) is 17.4. The van der Waals surface area contributed by atoms with Crippen molar-refractivity contribution in [2.75, 3.05) is 23.8 Å². The third-order valence-electron chi connectivity index (χ3n) is 4.61. The highest BCUT2D eigenvalue weighted by Gasteiger charge is 2.19. The van der Waals surface area contributed by atoms with Crippen molar-refractivity contribution in [3.05, 3.63) is 36.2 Å². The summed E-state index contributed by atoms with van der Waals surface area (Å²) in [6.07, 6.45) is 3.45. The zero-order chi connectivity index (χ0) is 22.2. The fraction of sp³-hybridized carbons (Fsp3) is 0.381. The normalized spacial score (nSPS) is 13.9. The maximum absolute atomic E-state index is 12.1. The first-order valence-corrected chi connectivity index (χ1v) is 9.97. The molecule has 164 valence electrons. The molecule has 1 fully saturated rings. The molecule has 1 aliphatic heterocycles. The van der Waals surface area contributed by atoms with Crippen LogP contribution in [0.25, 0.3) is 0 Å². The molecule has 10 heteroatoms. The highest BCUT2D eigenvalue weighted by atomic mass is 16.5. The van der Waals surface area contributed by atoms with Crippen molar-refractivity contribution in [3.8, 4) is 11.5 Å². The Labute approximate surface area is 179 Å². The smallest absolute Gasteiger partial charge is 0.327 e. The number of amides is 4. The van der Waals surface area contributed by atoms with Gasteiger partial charge in [0.25, 0.3) is 0 Å². The summed E-state index contributed by atoms with van der Waals surface area (Å²) in [5.41, 5.74) is 0.532. The summed E-state index contributed by atoms with van der Waals surface area (Å²) in [5, 5.41) is 7.47. The number of urea groups is 1. The zero-order valence-electron chi connectivity index (χ0n) is 17.4. The summed E-state index contributed by atoms with van der Waals surface area (Å²) in [5.74, 6) is 1.28. The Morgan fingerprint density at radius 3 is 2.61 bits per heavy atom. The number of pyridine rings is 2. The fourth-order valence-electron chi connectivity index (χ4n) is 3.11. The molecule has 0 aliphatic carbocycles. The van der Waals surface area contributed by atoms with Gasteiger partial charge in [0.15, 0.2) is 0 Å². The number of nitrogens with zero attached hydrogens (tertiary/aromatic N) is 2. The van der Waals surface area contributed by atoms with E-state index in [0.29, 0.717) is 42.6 Å². The van der Waals surface area contributed by atoms with Gasteiger partial charge in [0, 0.05) is 38.8 Å². The number of nitrogens with one attached hydrogen (secondary N) is 3. The van der Waals surface area contributed by atoms with E-state index >= 15 is 0 Å². The lowest BCUT2D eigenvalue weighted by atomic mass is 9.96. The van der Waals surface area contributed by atoms with Gasteiger partial charge in [0.2, 0.25) is 11.8 Å². The van der Waals surface area contributed by atoms with Gasteiger partial charge in [-0.1, -0.05) is 0 Å². The SMILES string of the molecule is CC(=O)Nc1cc(Oc2ccc(NC(=O)NC(=O)CC3CCOCC3)nc2C)ccn1. The van der Waals surface area contributed by atoms with Crippen molar-refractivity contribution in [2.24, 2.45) is 5.92 Å².